The van der Waals surface area contributed by atoms with E-state index in [1.54, 1.807) is 11.8 Å². The lowest BCUT2D eigenvalue weighted by Gasteiger charge is -2.44. The predicted molar refractivity (Wildman–Crippen MR) is 168 cm³/mol. The van der Waals surface area contributed by atoms with Crippen molar-refractivity contribution in [2.75, 3.05) is 37.6 Å². The summed E-state index contributed by atoms with van der Waals surface area (Å²) in [5.74, 6) is -4.88. The summed E-state index contributed by atoms with van der Waals surface area (Å²) in [4.78, 5) is 60.8. The average Bonchev–Trinajstić information content (AvgIpc) is 3.01. The third-order valence-electron chi connectivity index (χ3n) is 7.04. The molecule has 0 aromatic heterocycles. The number of fused-ring (bicyclic) bond motifs is 3. The van der Waals surface area contributed by atoms with Gasteiger partial charge in [-0.1, -0.05) is 41.9 Å². The summed E-state index contributed by atoms with van der Waals surface area (Å²) in [6.45, 7) is 5.38. The summed E-state index contributed by atoms with van der Waals surface area (Å²) >= 11 is 7.98. The highest BCUT2D eigenvalue weighted by Gasteiger charge is 2.31. The molecule has 4 N–H and O–H groups in total. The van der Waals surface area contributed by atoms with E-state index in [0.717, 1.165) is 47.3 Å². The number of carbonyl (C=O) groups is 5. The minimum absolute atomic E-state index is 0.146. The van der Waals surface area contributed by atoms with E-state index in [-0.39, 0.29) is 5.91 Å². The minimum Gasteiger partial charge on any atom is -0.478 e. The van der Waals surface area contributed by atoms with Crippen molar-refractivity contribution in [1.82, 2.24) is 9.80 Å². The van der Waals surface area contributed by atoms with Crippen LogP contribution < -0.4 is 4.90 Å². The molecular weight excluding hydrogens is 626 g/mol. The smallest absolute Gasteiger partial charge is 0.328 e. The molecule has 2 fully saturated rings. The number of halogens is 1. The zero-order valence-corrected chi connectivity index (χ0v) is 25.8. The molecule has 2 aromatic rings. The molecule has 1 amide bonds. The van der Waals surface area contributed by atoms with Crippen LogP contribution in [-0.4, -0.2) is 98.8 Å². The van der Waals surface area contributed by atoms with Crippen LogP contribution in [0.1, 0.15) is 25.7 Å². The Bertz CT molecular complexity index is 1400. The molecule has 0 aliphatic carbocycles. The minimum atomic E-state index is -1.26. The van der Waals surface area contributed by atoms with Gasteiger partial charge in [-0.25, -0.2) is 19.2 Å². The van der Waals surface area contributed by atoms with Crippen LogP contribution in [0.15, 0.2) is 76.6 Å². The van der Waals surface area contributed by atoms with E-state index in [1.807, 2.05) is 41.3 Å². The SMILES string of the molecule is O=C(CCN1CCN2CCCCC2C1)N1c2ccccc2Sc2ccc(Cl)cc21.O=C(O)/C=C/C(=O)O.O=C(O)/C=C/C(=O)O. The molecule has 2 aromatic carbocycles. The third kappa shape index (κ3) is 11.4. The number of piperazine rings is 1. The molecule has 45 heavy (non-hydrogen) atoms. The second kappa shape index (κ2) is 17.4. The highest BCUT2D eigenvalue weighted by atomic mass is 35.5. The number of benzene rings is 2. The van der Waals surface area contributed by atoms with E-state index in [1.165, 1.54) is 25.8 Å². The molecule has 3 heterocycles. The second-order valence-electron chi connectivity index (χ2n) is 10.2. The van der Waals surface area contributed by atoms with Crippen molar-refractivity contribution in [3.63, 3.8) is 0 Å². The molecule has 240 valence electrons. The predicted octanol–water partition coefficient (Wildman–Crippen LogP) is 4.45. The normalized spacial score (nSPS) is 17.5. The first-order valence-electron chi connectivity index (χ1n) is 14.1. The summed E-state index contributed by atoms with van der Waals surface area (Å²) in [5.41, 5.74) is 1.87. The number of anilines is 2. The van der Waals surface area contributed by atoms with Gasteiger partial charge in [-0.2, -0.15) is 0 Å². The van der Waals surface area contributed by atoms with E-state index in [4.69, 9.17) is 32.0 Å². The Balaban J connectivity index is 0.000000287. The molecule has 1 atom stereocenters. The number of piperidine rings is 1. The molecule has 0 bridgehead atoms. The molecule has 5 rings (SSSR count). The van der Waals surface area contributed by atoms with Crippen molar-refractivity contribution < 1.29 is 44.4 Å². The van der Waals surface area contributed by atoms with Gasteiger partial charge in [0.1, 0.15) is 0 Å². The largest absolute Gasteiger partial charge is 0.478 e. The highest BCUT2D eigenvalue weighted by molar-refractivity contribution is 7.99. The van der Waals surface area contributed by atoms with Crippen LogP contribution in [-0.2, 0) is 24.0 Å². The summed E-state index contributed by atoms with van der Waals surface area (Å²) in [6, 6.07) is 14.6. The first-order valence-corrected chi connectivity index (χ1v) is 15.3. The number of nitrogens with zero attached hydrogens (tertiary/aromatic N) is 3. The van der Waals surface area contributed by atoms with Gasteiger partial charge in [0.2, 0.25) is 5.91 Å². The Hall–Kier alpha value is -4.17. The Morgan fingerprint density at radius 1 is 0.778 bits per heavy atom. The summed E-state index contributed by atoms with van der Waals surface area (Å²) in [5, 5.41) is 31.9. The van der Waals surface area contributed by atoms with Crippen molar-refractivity contribution in [3.05, 3.63) is 71.8 Å². The van der Waals surface area contributed by atoms with Crippen LogP contribution in [0.5, 0.6) is 0 Å². The lowest BCUT2D eigenvalue weighted by atomic mass is 9.99. The number of carboxylic acids is 4. The molecule has 0 saturated carbocycles. The quantitative estimate of drug-likeness (QED) is 0.308. The molecule has 0 spiro atoms. The Kier molecular flexibility index (Phi) is 13.6. The topological polar surface area (TPSA) is 176 Å². The zero-order valence-electron chi connectivity index (χ0n) is 24.3. The molecule has 3 aliphatic rings. The maximum atomic E-state index is 13.4. The number of carbonyl (C=O) groups excluding carboxylic acids is 1. The molecule has 3 aliphatic heterocycles. The summed E-state index contributed by atoms with van der Waals surface area (Å²) in [6.07, 6.45) is 6.73. The van der Waals surface area contributed by atoms with Gasteiger partial charge in [0.05, 0.1) is 11.4 Å². The highest BCUT2D eigenvalue weighted by Crippen LogP contribution is 2.49. The second-order valence-corrected chi connectivity index (χ2v) is 11.7. The van der Waals surface area contributed by atoms with Crippen molar-refractivity contribution in [2.24, 2.45) is 0 Å². The van der Waals surface area contributed by atoms with Gasteiger partial charge in [0.15, 0.2) is 0 Å². The monoisotopic (exact) mass is 659 g/mol. The van der Waals surface area contributed by atoms with Gasteiger partial charge in [-0.05, 0) is 49.7 Å². The van der Waals surface area contributed by atoms with Crippen LogP contribution in [0.25, 0.3) is 0 Å². The van der Waals surface area contributed by atoms with Crippen molar-refractivity contribution in [3.8, 4) is 0 Å². The van der Waals surface area contributed by atoms with Crippen molar-refractivity contribution in [2.45, 2.75) is 41.5 Å². The fourth-order valence-corrected chi connectivity index (χ4v) is 6.28. The van der Waals surface area contributed by atoms with Gasteiger partial charge in [-0.3, -0.25) is 19.5 Å². The molecule has 14 heteroatoms. The molecule has 2 saturated heterocycles. The van der Waals surface area contributed by atoms with Gasteiger partial charge in [-0.15, -0.1) is 0 Å². The van der Waals surface area contributed by atoms with E-state index < -0.39 is 23.9 Å². The maximum absolute atomic E-state index is 13.4. The van der Waals surface area contributed by atoms with Crippen LogP contribution in [0.3, 0.4) is 0 Å². The van der Waals surface area contributed by atoms with Crippen molar-refractivity contribution >= 4 is 64.5 Å². The van der Waals surface area contributed by atoms with Crippen LogP contribution in [0.4, 0.5) is 11.4 Å². The van der Waals surface area contributed by atoms with Gasteiger partial charge in [0, 0.05) is 77.8 Å². The average molecular weight is 660 g/mol. The first-order chi connectivity index (χ1) is 21.4. The fourth-order valence-electron chi connectivity index (χ4n) is 5.07. The Morgan fingerprint density at radius 2 is 1.38 bits per heavy atom. The number of para-hydroxylation sites is 1. The molecule has 1 unspecified atom stereocenters. The van der Waals surface area contributed by atoms with E-state index in [9.17, 15) is 24.0 Å². The number of carboxylic acid groups (broad SMARTS) is 4. The fraction of sp³-hybridized carbons (Fsp3) is 0.323. The van der Waals surface area contributed by atoms with Crippen LogP contribution in [0.2, 0.25) is 5.02 Å². The van der Waals surface area contributed by atoms with Crippen LogP contribution in [0, 0.1) is 0 Å². The third-order valence-corrected chi connectivity index (χ3v) is 8.40. The van der Waals surface area contributed by atoms with Crippen molar-refractivity contribution in [1.29, 1.82) is 0 Å². The molecule has 12 nitrogen and oxygen atoms in total. The van der Waals surface area contributed by atoms with Gasteiger partial charge in [0.25, 0.3) is 0 Å². The van der Waals surface area contributed by atoms with E-state index in [0.29, 0.717) is 41.8 Å². The Morgan fingerprint density at radius 3 is 2.00 bits per heavy atom. The summed E-state index contributed by atoms with van der Waals surface area (Å²) in [7, 11) is 0. The lowest BCUT2D eigenvalue weighted by molar-refractivity contribution is -0.134. The van der Waals surface area contributed by atoms with Crippen LogP contribution >= 0.6 is 23.4 Å². The van der Waals surface area contributed by atoms with E-state index in [2.05, 4.69) is 15.9 Å². The van der Waals surface area contributed by atoms with Gasteiger partial charge < -0.3 is 20.4 Å². The van der Waals surface area contributed by atoms with Gasteiger partial charge >= 0.3 is 23.9 Å². The van der Waals surface area contributed by atoms with E-state index >= 15 is 0 Å². The number of rotatable bonds is 7. The molecule has 0 radical (unpaired) electrons. The number of aliphatic carboxylic acids is 4. The Labute approximate surface area is 269 Å². The maximum Gasteiger partial charge on any atom is 0.328 e. The standard InChI is InChI=1S/C23H26ClN3OS.2C4H4O4/c24-17-8-9-22-20(15-17)27(19-6-1-2-7-21(19)29-22)23(28)10-12-25-13-14-26-11-4-3-5-18(26)16-25;2*5-3(6)1-2-4(7)8/h1-2,6-9,15,18H,3-5,10-14,16H2;2*1-2H,(H,5,6)(H,7,8)/b;2*2-1+. The zero-order chi connectivity index (χ0) is 32.9. The number of hydrogen-bond acceptors (Lipinski definition) is 8. The summed E-state index contributed by atoms with van der Waals surface area (Å²) < 4.78 is 0. The number of hydrogen-bond donors (Lipinski definition) is 4. The molecular formula is C31H34ClN3O9S. The lowest BCUT2D eigenvalue weighted by Crippen LogP contribution is -2.55. The first kappa shape index (κ1) is 35.3. The number of amides is 1.